The minimum atomic E-state index is -0.583. The van der Waals surface area contributed by atoms with Crippen LogP contribution in [0.5, 0.6) is 0 Å². The third-order valence-electron chi connectivity index (χ3n) is 3.85. The molecule has 0 atom stereocenters. The quantitative estimate of drug-likeness (QED) is 0.660. The van der Waals surface area contributed by atoms with Gasteiger partial charge in [-0.25, -0.2) is 4.79 Å². The molecule has 1 aromatic rings. The van der Waals surface area contributed by atoms with Crippen molar-refractivity contribution >= 4 is 23.3 Å². The summed E-state index contributed by atoms with van der Waals surface area (Å²) in [6, 6.07) is 7.49. The molecule has 1 N–H and O–H groups in total. The molecule has 1 aliphatic carbocycles. The van der Waals surface area contributed by atoms with Crippen LogP contribution in [0.2, 0.25) is 5.02 Å². The largest absolute Gasteiger partial charge is 0.464 e. The van der Waals surface area contributed by atoms with Crippen LogP contribution in [0.25, 0.3) is 0 Å². The van der Waals surface area contributed by atoms with Gasteiger partial charge in [0.1, 0.15) is 5.54 Å². The zero-order valence-electron chi connectivity index (χ0n) is 12.0. The molecule has 110 valence electrons. The van der Waals surface area contributed by atoms with Crippen LogP contribution in [0.1, 0.15) is 45.4 Å². The summed E-state index contributed by atoms with van der Waals surface area (Å²) < 4.78 is 5.31. The van der Waals surface area contributed by atoms with Crippen LogP contribution in [0, 0.1) is 0 Å². The van der Waals surface area contributed by atoms with Gasteiger partial charge in [0, 0.05) is 10.7 Å². The maximum absolute atomic E-state index is 12.4. The highest BCUT2D eigenvalue weighted by atomic mass is 35.5. The summed E-state index contributed by atoms with van der Waals surface area (Å²) in [5, 5.41) is 4.11. The minimum absolute atomic E-state index is 0.128. The topological polar surface area (TPSA) is 38.3 Å². The van der Waals surface area contributed by atoms with Gasteiger partial charge in [0.2, 0.25) is 0 Å². The lowest BCUT2D eigenvalue weighted by molar-refractivity contribution is -0.149. The first-order valence-electron chi connectivity index (χ1n) is 7.37. The van der Waals surface area contributed by atoms with Crippen molar-refractivity contribution in [3.63, 3.8) is 0 Å². The van der Waals surface area contributed by atoms with Crippen LogP contribution in [0.3, 0.4) is 0 Å². The Bertz CT molecular complexity index is 436. The van der Waals surface area contributed by atoms with Crippen molar-refractivity contribution < 1.29 is 9.53 Å². The Kier molecular flexibility index (Phi) is 5.30. The number of benzene rings is 1. The third-order valence-corrected chi connectivity index (χ3v) is 4.10. The molecule has 0 aliphatic heterocycles. The zero-order chi connectivity index (χ0) is 14.4. The standard InChI is InChI=1S/C16H22ClNO2/c1-2-20-15(19)16(11-5-3-4-6-12-16)18-14-9-7-13(17)8-10-14/h7-10,18H,2-6,11-12H2,1H3. The number of halogens is 1. The van der Waals surface area contributed by atoms with Crippen molar-refractivity contribution in [1.82, 2.24) is 0 Å². The van der Waals surface area contributed by atoms with Crippen LogP contribution < -0.4 is 5.32 Å². The van der Waals surface area contributed by atoms with Crippen molar-refractivity contribution in [2.24, 2.45) is 0 Å². The summed E-state index contributed by atoms with van der Waals surface area (Å²) in [6.07, 6.45) is 6.13. The lowest BCUT2D eigenvalue weighted by Gasteiger charge is -2.32. The van der Waals surface area contributed by atoms with E-state index in [1.807, 2.05) is 31.2 Å². The molecular formula is C16H22ClNO2. The smallest absolute Gasteiger partial charge is 0.331 e. The van der Waals surface area contributed by atoms with E-state index in [0.717, 1.165) is 31.4 Å². The predicted octanol–water partition coefficient (Wildman–Crippen LogP) is 4.41. The molecule has 0 heterocycles. The second-order valence-corrected chi connectivity index (χ2v) is 5.79. The number of hydrogen-bond donors (Lipinski definition) is 1. The highest BCUT2D eigenvalue weighted by Gasteiger charge is 2.39. The van der Waals surface area contributed by atoms with E-state index in [2.05, 4.69) is 5.32 Å². The number of rotatable bonds is 4. The first-order chi connectivity index (χ1) is 9.66. The Morgan fingerprint density at radius 1 is 1.20 bits per heavy atom. The van der Waals surface area contributed by atoms with Crippen molar-refractivity contribution in [3.05, 3.63) is 29.3 Å². The van der Waals surface area contributed by atoms with E-state index < -0.39 is 5.54 Å². The Labute approximate surface area is 125 Å². The van der Waals surface area contributed by atoms with Gasteiger partial charge in [0.25, 0.3) is 0 Å². The van der Waals surface area contributed by atoms with Crippen LogP contribution in [0.15, 0.2) is 24.3 Å². The number of carbonyl (C=O) groups excluding carboxylic acids is 1. The Morgan fingerprint density at radius 3 is 2.35 bits per heavy atom. The average molecular weight is 296 g/mol. The number of esters is 1. The van der Waals surface area contributed by atoms with Gasteiger partial charge in [-0.05, 0) is 44.0 Å². The van der Waals surface area contributed by atoms with Gasteiger partial charge >= 0.3 is 5.97 Å². The molecule has 20 heavy (non-hydrogen) atoms. The molecule has 4 heteroatoms. The van der Waals surface area contributed by atoms with Crippen LogP contribution in [-0.2, 0) is 9.53 Å². The Morgan fingerprint density at radius 2 is 1.80 bits per heavy atom. The van der Waals surface area contributed by atoms with E-state index in [1.165, 1.54) is 12.8 Å². The van der Waals surface area contributed by atoms with Crippen LogP contribution in [-0.4, -0.2) is 18.1 Å². The highest BCUT2D eigenvalue weighted by Crippen LogP contribution is 2.32. The van der Waals surface area contributed by atoms with Crippen molar-refractivity contribution in [2.75, 3.05) is 11.9 Å². The van der Waals surface area contributed by atoms with Crippen molar-refractivity contribution in [1.29, 1.82) is 0 Å². The van der Waals surface area contributed by atoms with Gasteiger partial charge < -0.3 is 10.1 Å². The van der Waals surface area contributed by atoms with Gasteiger partial charge in [-0.3, -0.25) is 0 Å². The Hall–Kier alpha value is -1.22. The lowest BCUT2D eigenvalue weighted by atomic mass is 9.89. The fourth-order valence-electron chi connectivity index (χ4n) is 2.79. The average Bonchev–Trinajstić information content (AvgIpc) is 2.68. The fraction of sp³-hybridized carbons (Fsp3) is 0.562. The molecule has 0 bridgehead atoms. The fourth-order valence-corrected chi connectivity index (χ4v) is 2.92. The normalized spacial score (nSPS) is 18.1. The van der Waals surface area contributed by atoms with E-state index in [9.17, 15) is 4.79 Å². The molecule has 1 aromatic carbocycles. The molecule has 0 unspecified atom stereocenters. The Balaban J connectivity index is 2.20. The SMILES string of the molecule is CCOC(=O)C1(Nc2ccc(Cl)cc2)CCCCCC1. The van der Waals surface area contributed by atoms with Crippen LogP contribution in [0.4, 0.5) is 5.69 Å². The van der Waals surface area contributed by atoms with Crippen molar-refractivity contribution in [3.8, 4) is 0 Å². The summed E-state index contributed by atoms with van der Waals surface area (Å²) in [5.74, 6) is -0.128. The summed E-state index contributed by atoms with van der Waals surface area (Å²) in [7, 11) is 0. The summed E-state index contributed by atoms with van der Waals surface area (Å²) >= 11 is 5.91. The molecule has 0 aromatic heterocycles. The molecule has 1 saturated carbocycles. The van der Waals surface area contributed by atoms with Crippen molar-refractivity contribution in [2.45, 2.75) is 51.0 Å². The third kappa shape index (κ3) is 3.66. The number of nitrogens with one attached hydrogen (secondary N) is 1. The van der Waals surface area contributed by atoms with Crippen LogP contribution >= 0.6 is 11.6 Å². The molecule has 0 saturated heterocycles. The summed E-state index contributed by atoms with van der Waals surface area (Å²) in [4.78, 5) is 12.4. The molecule has 1 fully saturated rings. The maximum Gasteiger partial charge on any atom is 0.331 e. The van der Waals surface area contributed by atoms with Gasteiger partial charge in [-0.1, -0.05) is 37.3 Å². The van der Waals surface area contributed by atoms with Gasteiger partial charge in [-0.15, -0.1) is 0 Å². The first kappa shape index (κ1) is 15.2. The molecule has 0 amide bonds. The second-order valence-electron chi connectivity index (χ2n) is 5.35. The number of hydrogen-bond acceptors (Lipinski definition) is 3. The van der Waals surface area contributed by atoms with Gasteiger partial charge in [-0.2, -0.15) is 0 Å². The van der Waals surface area contributed by atoms with Gasteiger partial charge in [0.15, 0.2) is 0 Å². The number of carbonyl (C=O) groups is 1. The molecule has 1 aliphatic rings. The molecule has 2 rings (SSSR count). The molecule has 0 radical (unpaired) electrons. The second kappa shape index (κ2) is 6.98. The number of ether oxygens (including phenoxy) is 1. The molecule has 3 nitrogen and oxygen atoms in total. The zero-order valence-corrected chi connectivity index (χ0v) is 12.7. The maximum atomic E-state index is 12.4. The van der Waals surface area contributed by atoms with Gasteiger partial charge in [0.05, 0.1) is 6.61 Å². The highest BCUT2D eigenvalue weighted by molar-refractivity contribution is 6.30. The molecule has 0 spiro atoms. The van der Waals surface area contributed by atoms with E-state index in [-0.39, 0.29) is 5.97 Å². The monoisotopic (exact) mass is 295 g/mol. The van der Waals surface area contributed by atoms with E-state index in [1.54, 1.807) is 0 Å². The summed E-state index contributed by atoms with van der Waals surface area (Å²) in [5.41, 5.74) is 0.338. The van der Waals surface area contributed by atoms with E-state index >= 15 is 0 Å². The first-order valence-corrected chi connectivity index (χ1v) is 7.75. The number of anilines is 1. The van der Waals surface area contributed by atoms with E-state index in [4.69, 9.17) is 16.3 Å². The lowest BCUT2D eigenvalue weighted by Crippen LogP contribution is -2.47. The summed E-state index contributed by atoms with van der Waals surface area (Å²) in [6.45, 7) is 2.27. The minimum Gasteiger partial charge on any atom is -0.464 e. The molecular weight excluding hydrogens is 274 g/mol. The predicted molar refractivity (Wildman–Crippen MR) is 82.1 cm³/mol. The van der Waals surface area contributed by atoms with E-state index in [0.29, 0.717) is 11.6 Å².